The molecule has 2 aromatic carbocycles. The van der Waals surface area contributed by atoms with Crippen LogP contribution in [-0.4, -0.2) is 39.1 Å². The Morgan fingerprint density at radius 3 is 2.39 bits per heavy atom. The van der Waals surface area contributed by atoms with Crippen LogP contribution in [0.25, 0.3) is 6.08 Å². The van der Waals surface area contributed by atoms with Crippen LogP contribution in [0.3, 0.4) is 0 Å². The van der Waals surface area contributed by atoms with E-state index in [1.807, 2.05) is 29.2 Å². The largest absolute Gasteiger partial charge is 0.488 e. The highest BCUT2D eigenvalue weighted by atomic mass is 79.9. The van der Waals surface area contributed by atoms with E-state index in [4.69, 9.17) is 14.8 Å². The van der Waals surface area contributed by atoms with E-state index in [0.29, 0.717) is 23.3 Å². The smallest absolute Gasteiger partial charge is 0.335 e. The Kier molecular flexibility index (Phi) is 8.89. The summed E-state index contributed by atoms with van der Waals surface area (Å²) in [5.41, 5.74) is 1.93. The van der Waals surface area contributed by atoms with Gasteiger partial charge in [-0.25, -0.2) is 4.79 Å². The summed E-state index contributed by atoms with van der Waals surface area (Å²) in [5, 5.41) is 10.0. The number of halogens is 1. The van der Waals surface area contributed by atoms with Crippen molar-refractivity contribution < 1.29 is 19.4 Å². The van der Waals surface area contributed by atoms with Crippen LogP contribution in [0, 0.1) is 0 Å². The van der Waals surface area contributed by atoms with Crippen molar-refractivity contribution >= 4 is 50.8 Å². The van der Waals surface area contributed by atoms with Gasteiger partial charge in [0.1, 0.15) is 12.4 Å². The third-order valence-corrected chi connectivity index (χ3v) is 8.99. The molecule has 0 spiro atoms. The van der Waals surface area contributed by atoms with Gasteiger partial charge in [0.25, 0.3) is 5.91 Å². The monoisotopic (exact) mass is 596 g/mol. The molecule has 1 heterocycles. The van der Waals surface area contributed by atoms with Gasteiger partial charge >= 0.3 is 5.97 Å². The maximum absolute atomic E-state index is 13.8. The summed E-state index contributed by atoms with van der Waals surface area (Å²) < 4.78 is 7.04. The van der Waals surface area contributed by atoms with E-state index in [1.165, 1.54) is 37.4 Å². The van der Waals surface area contributed by atoms with Crippen molar-refractivity contribution in [2.24, 2.45) is 4.99 Å². The summed E-state index contributed by atoms with van der Waals surface area (Å²) in [7, 11) is 0. The highest BCUT2D eigenvalue weighted by Gasteiger charge is 2.39. The van der Waals surface area contributed by atoms with Crippen LogP contribution in [0.5, 0.6) is 5.75 Å². The number of rotatable bonds is 7. The molecule has 0 unspecified atom stereocenters. The maximum atomic E-state index is 13.8. The first-order chi connectivity index (χ1) is 18.5. The number of aliphatic imine (C=N–C) groups is 1. The molecule has 3 fully saturated rings. The quantitative estimate of drug-likeness (QED) is 0.332. The Bertz CT molecular complexity index is 1230. The van der Waals surface area contributed by atoms with Crippen molar-refractivity contribution in [2.45, 2.75) is 82.9 Å². The van der Waals surface area contributed by atoms with E-state index in [-0.39, 0.29) is 17.5 Å². The fraction of sp³-hybridized carbons (Fsp3) is 0.433. The van der Waals surface area contributed by atoms with Gasteiger partial charge in [0, 0.05) is 16.1 Å². The number of amides is 1. The van der Waals surface area contributed by atoms with Crippen molar-refractivity contribution in [2.75, 3.05) is 0 Å². The van der Waals surface area contributed by atoms with Gasteiger partial charge < -0.3 is 9.84 Å². The van der Waals surface area contributed by atoms with Crippen LogP contribution >= 0.6 is 27.7 Å². The molecule has 0 bridgehead atoms. The Morgan fingerprint density at radius 2 is 1.71 bits per heavy atom. The third-order valence-electron chi connectivity index (χ3n) is 7.50. The number of aromatic carboxylic acids is 1. The predicted molar refractivity (Wildman–Crippen MR) is 155 cm³/mol. The Balaban J connectivity index is 1.40. The van der Waals surface area contributed by atoms with Crippen molar-refractivity contribution in [1.82, 2.24) is 4.90 Å². The number of nitrogens with zero attached hydrogens (tertiary/aromatic N) is 2. The number of carbonyl (C=O) groups is 2. The molecule has 1 N–H and O–H groups in total. The standard InChI is InChI=1S/C30H33BrN2O4S/c31-23-15-16-26(37-19-20-11-13-21(14-12-20)29(35)36)22(17-23)18-27-28(34)33(25-9-5-2-6-10-25)30(38-27)32-24-7-3-1-4-8-24/h11-18,24-25H,1-10,19H2,(H,35,36). The number of ether oxygens (including phenoxy) is 1. The van der Waals surface area contributed by atoms with E-state index < -0.39 is 5.97 Å². The molecule has 1 amide bonds. The number of hydrogen-bond donors (Lipinski definition) is 1. The van der Waals surface area contributed by atoms with Gasteiger partial charge in [-0.15, -0.1) is 0 Å². The van der Waals surface area contributed by atoms with E-state index in [9.17, 15) is 9.59 Å². The number of carboxylic acid groups (broad SMARTS) is 1. The van der Waals surface area contributed by atoms with Crippen LogP contribution in [-0.2, 0) is 11.4 Å². The first kappa shape index (κ1) is 27.0. The lowest BCUT2D eigenvalue weighted by Crippen LogP contribution is -2.41. The lowest BCUT2D eigenvalue weighted by molar-refractivity contribution is -0.124. The second kappa shape index (κ2) is 12.5. The fourth-order valence-corrected chi connectivity index (χ4v) is 6.89. The summed E-state index contributed by atoms with van der Waals surface area (Å²) in [4.78, 5) is 32.7. The number of thioether (sulfide) groups is 1. The Morgan fingerprint density at radius 1 is 1.03 bits per heavy atom. The molecule has 1 aliphatic heterocycles. The minimum absolute atomic E-state index is 0.0478. The zero-order chi connectivity index (χ0) is 26.5. The van der Waals surface area contributed by atoms with Gasteiger partial charge in [0.15, 0.2) is 5.17 Å². The number of amidine groups is 1. The van der Waals surface area contributed by atoms with Crippen LogP contribution in [0.2, 0.25) is 0 Å². The lowest BCUT2D eigenvalue weighted by Gasteiger charge is -2.31. The lowest BCUT2D eigenvalue weighted by atomic mass is 9.94. The van der Waals surface area contributed by atoms with E-state index in [2.05, 4.69) is 15.9 Å². The van der Waals surface area contributed by atoms with E-state index in [1.54, 1.807) is 24.3 Å². The minimum atomic E-state index is -0.952. The second-order valence-electron chi connectivity index (χ2n) is 10.3. The van der Waals surface area contributed by atoms with Gasteiger partial charge in [-0.05, 0) is 79.4 Å². The molecule has 0 atom stereocenters. The van der Waals surface area contributed by atoms with Crippen LogP contribution < -0.4 is 4.74 Å². The van der Waals surface area contributed by atoms with Gasteiger partial charge in [0.05, 0.1) is 16.5 Å². The normalized spacial score (nSPS) is 21.4. The van der Waals surface area contributed by atoms with Crippen LogP contribution in [0.1, 0.15) is 85.7 Å². The van der Waals surface area contributed by atoms with Crippen molar-refractivity contribution in [3.63, 3.8) is 0 Å². The summed E-state index contributed by atoms with van der Waals surface area (Å²) >= 11 is 5.07. The molecular formula is C30H33BrN2O4S. The average Bonchev–Trinajstić information content (AvgIpc) is 3.23. The molecule has 2 aromatic rings. The maximum Gasteiger partial charge on any atom is 0.335 e. The zero-order valence-electron chi connectivity index (χ0n) is 21.4. The number of carbonyl (C=O) groups excluding carboxylic acids is 1. The fourth-order valence-electron chi connectivity index (χ4n) is 5.41. The van der Waals surface area contributed by atoms with Crippen LogP contribution in [0.15, 0.2) is 56.8 Å². The van der Waals surface area contributed by atoms with Crippen LogP contribution in [0.4, 0.5) is 0 Å². The van der Waals surface area contributed by atoms with Gasteiger partial charge in [0.2, 0.25) is 0 Å². The number of carboxylic acids is 1. The molecule has 1 saturated heterocycles. The Hall–Kier alpha value is -2.58. The molecule has 200 valence electrons. The average molecular weight is 598 g/mol. The highest BCUT2D eigenvalue weighted by Crippen LogP contribution is 2.39. The van der Waals surface area contributed by atoms with Gasteiger partial charge in [-0.3, -0.25) is 14.7 Å². The SMILES string of the molecule is O=C(O)c1ccc(COc2ccc(Br)cc2C=C2SC(=NC3CCCCC3)N(C3CCCCC3)C2=O)cc1. The van der Waals surface area contributed by atoms with Gasteiger partial charge in [-0.2, -0.15) is 0 Å². The molecule has 38 heavy (non-hydrogen) atoms. The molecule has 8 heteroatoms. The first-order valence-corrected chi connectivity index (χ1v) is 15.1. The summed E-state index contributed by atoms with van der Waals surface area (Å²) in [6.07, 6.45) is 13.5. The molecular weight excluding hydrogens is 564 g/mol. The van der Waals surface area contributed by atoms with Crippen molar-refractivity contribution in [3.05, 3.63) is 68.5 Å². The Labute approximate surface area is 236 Å². The van der Waals surface area contributed by atoms with E-state index >= 15 is 0 Å². The van der Waals surface area contributed by atoms with Crippen molar-refractivity contribution in [1.29, 1.82) is 0 Å². The third kappa shape index (κ3) is 6.52. The summed E-state index contributed by atoms with van der Waals surface area (Å²) in [5.74, 6) is -0.239. The summed E-state index contributed by atoms with van der Waals surface area (Å²) in [6, 6.07) is 13.0. The predicted octanol–water partition coefficient (Wildman–Crippen LogP) is 7.66. The second-order valence-corrected chi connectivity index (χ2v) is 12.2. The zero-order valence-corrected chi connectivity index (χ0v) is 23.8. The van der Waals surface area contributed by atoms with E-state index in [0.717, 1.165) is 59.3 Å². The number of hydrogen-bond acceptors (Lipinski definition) is 5. The molecule has 5 rings (SSSR count). The number of benzene rings is 2. The first-order valence-electron chi connectivity index (χ1n) is 13.5. The molecule has 2 aliphatic carbocycles. The van der Waals surface area contributed by atoms with Gasteiger partial charge in [-0.1, -0.05) is 66.6 Å². The molecule has 3 aliphatic rings. The minimum Gasteiger partial charge on any atom is -0.488 e. The topological polar surface area (TPSA) is 79.2 Å². The molecule has 0 aromatic heterocycles. The highest BCUT2D eigenvalue weighted by molar-refractivity contribution is 9.10. The molecule has 2 saturated carbocycles. The summed E-state index contributed by atoms with van der Waals surface area (Å²) in [6.45, 7) is 0.293. The van der Waals surface area contributed by atoms with Crippen molar-refractivity contribution in [3.8, 4) is 5.75 Å². The molecule has 6 nitrogen and oxygen atoms in total. The molecule has 0 radical (unpaired) electrons.